The van der Waals surface area contributed by atoms with E-state index in [1.54, 1.807) is 43.2 Å². The maximum absolute atomic E-state index is 13.2. The van der Waals surface area contributed by atoms with Gasteiger partial charge in [-0.25, -0.2) is 25.3 Å². The van der Waals surface area contributed by atoms with Crippen LogP contribution in [0.15, 0.2) is 124 Å². The molecule has 0 radical (unpaired) electrons. The van der Waals surface area contributed by atoms with Crippen molar-refractivity contribution in [3.8, 4) is 11.3 Å². The average Bonchev–Trinajstić information content (AvgIpc) is 3.02. The largest absolute Gasteiger partial charge is 1.00 e. The first-order chi connectivity index (χ1) is 22.0. The molecule has 5 rings (SSSR count). The molecule has 0 unspecified atom stereocenters. The van der Waals surface area contributed by atoms with Gasteiger partial charge in [-0.05, 0) is 84.6 Å². The number of hydrogen-bond donors (Lipinski definition) is 0. The smallest absolute Gasteiger partial charge is 1.00 e. The van der Waals surface area contributed by atoms with E-state index in [9.17, 15) is 47.7 Å². The Balaban J connectivity index is 0.00000107. The molecule has 0 fully saturated rings. The molecule has 0 aliphatic carbocycles. The Morgan fingerprint density at radius 2 is 0.980 bits per heavy atom. The molecule has 10 nitrogen and oxygen atoms in total. The van der Waals surface area contributed by atoms with Crippen molar-refractivity contribution in [2.45, 2.75) is 14.7 Å². The molecule has 1 heterocycles. The van der Waals surface area contributed by atoms with Crippen LogP contribution < -0.4 is 105 Å². The number of pyridine rings is 1. The minimum Gasteiger partial charge on any atom is 1.00 e. The maximum atomic E-state index is 13.2. The topological polar surface area (TPSA) is 184 Å². The second kappa shape index (κ2) is 22.4. The summed E-state index contributed by atoms with van der Waals surface area (Å²) in [7, 11) is -11.3. The maximum Gasteiger partial charge on any atom is 1.00 e. The molecule has 21 heteroatoms. The molecule has 0 N–H and O–H groups in total. The second-order valence-electron chi connectivity index (χ2n) is 9.07. The first-order valence-electron chi connectivity index (χ1n) is 12.5. The van der Waals surface area contributed by atoms with Crippen molar-refractivity contribution in [2.75, 3.05) is 0 Å². The Morgan fingerprint density at radius 3 is 1.26 bits per heavy atom. The van der Waals surface area contributed by atoms with Gasteiger partial charge in [-0.2, -0.15) is 0 Å². The average molecular weight is 990 g/mol. The van der Waals surface area contributed by atoms with E-state index in [2.05, 4.69) is 20.5 Å². The van der Waals surface area contributed by atoms with Crippen molar-refractivity contribution in [2.24, 2.45) is 0 Å². The third kappa shape index (κ3) is 14.7. The fraction of sp³-hybridized carbons (Fsp3) is 0. The van der Waals surface area contributed by atoms with Crippen LogP contribution in [0.2, 0.25) is 0 Å². The van der Waals surface area contributed by atoms with Crippen LogP contribution in [0.3, 0.4) is 0 Å². The van der Waals surface area contributed by atoms with Crippen LogP contribution in [-0.4, -0.2) is 43.9 Å². The van der Waals surface area contributed by atoms with Crippen molar-refractivity contribution in [1.29, 1.82) is 0 Å². The zero-order chi connectivity index (χ0) is 35.0. The van der Waals surface area contributed by atoms with Crippen LogP contribution in [0.25, 0.3) is 11.3 Å². The summed E-state index contributed by atoms with van der Waals surface area (Å²) >= 11 is 1.61. The second-order valence-corrected chi connectivity index (χ2v) is 15.7. The number of benzene rings is 4. The summed E-state index contributed by atoms with van der Waals surface area (Å²) in [4.78, 5) is 2.65. The van der Waals surface area contributed by atoms with Gasteiger partial charge in [0.05, 0.1) is 22.6 Å². The number of aromatic nitrogens is 1. The van der Waals surface area contributed by atoms with E-state index in [4.69, 9.17) is 0 Å². The van der Waals surface area contributed by atoms with Gasteiger partial charge in [0.15, 0.2) is 0 Å². The van der Waals surface area contributed by atoms with Crippen molar-refractivity contribution < 1.29 is 155 Å². The van der Waals surface area contributed by atoms with Crippen LogP contribution in [0, 0.1) is 17.7 Å². The Morgan fingerprint density at radius 1 is 0.620 bits per heavy atom. The van der Waals surface area contributed by atoms with Crippen LogP contribution >= 0.6 is 17.3 Å². The normalized spacial score (nSPS) is 10.9. The molecule has 0 saturated heterocycles. The molecule has 250 valence electrons. The van der Waals surface area contributed by atoms with Gasteiger partial charge in [0.1, 0.15) is 46.3 Å². The van der Waals surface area contributed by atoms with E-state index in [1.165, 1.54) is 36.4 Å². The fourth-order valence-corrected chi connectivity index (χ4v) is 7.92. The number of halogens is 3. The first kappa shape index (κ1) is 50.0. The minimum atomic E-state index is -4.66. The van der Waals surface area contributed by atoms with Gasteiger partial charge in [0, 0.05) is 17.8 Å². The zero-order valence-electron chi connectivity index (χ0n) is 26.2. The third-order valence-electron chi connectivity index (χ3n) is 6.07. The molecule has 0 saturated carbocycles. The Labute approximate surface area is 371 Å². The summed E-state index contributed by atoms with van der Waals surface area (Å²) in [5.74, 6) is -1.29. The molecule has 0 aliphatic heterocycles. The molecular weight excluding hydrogens is 971 g/mol. The molecule has 1 aromatic heterocycles. The van der Waals surface area contributed by atoms with Crippen LogP contribution in [0.1, 0.15) is 0 Å². The minimum absolute atomic E-state index is 0. The summed E-state index contributed by atoms with van der Waals surface area (Å²) < 4.78 is 127. The van der Waals surface area contributed by atoms with E-state index in [0.29, 0.717) is 21.6 Å². The molecule has 0 bridgehead atoms. The molecule has 0 spiro atoms. The summed E-state index contributed by atoms with van der Waals surface area (Å²) in [6.45, 7) is 0. The van der Waals surface area contributed by atoms with Gasteiger partial charge >= 0.3 is 117 Å². The van der Waals surface area contributed by atoms with Crippen LogP contribution in [-0.2, 0) is 49.1 Å². The van der Waals surface area contributed by atoms with Gasteiger partial charge in [0.25, 0.3) is 0 Å². The molecule has 0 atom stereocenters. The van der Waals surface area contributed by atoms with E-state index < -0.39 is 64.6 Å². The van der Waals surface area contributed by atoms with Gasteiger partial charge in [-0.1, -0.05) is 23.8 Å². The fourth-order valence-electron chi connectivity index (χ4n) is 4.02. The SMILES string of the molecule is Fc1c[c-]c(-c2ccccn2)c(F)c1.O=S(=O)([O-])c1ccc([PH+](c2ccc(S(=O)(=O)[O-])cc2)c2ccc(S(=O)(=O)[O-])cc2)cc1.[Cl][Pt+].[Na+].[Na+].[Na+]. The quantitative estimate of drug-likeness (QED) is 0.0660. The van der Waals surface area contributed by atoms with E-state index in [1.807, 2.05) is 0 Å². The van der Waals surface area contributed by atoms with Gasteiger partial charge in [-0.15, -0.1) is 12.1 Å². The van der Waals surface area contributed by atoms with Gasteiger partial charge < -0.3 is 18.6 Å². The van der Waals surface area contributed by atoms with E-state index >= 15 is 0 Å². The first-order valence-corrected chi connectivity index (χ1v) is 21.0. The Hall–Kier alpha value is 0.0283. The number of hydrogen-bond acceptors (Lipinski definition) is 10. The van der Waals surface area contributed by atoms with Crippen molar-refractivity contribution in [3.63, 3.8) is 0 Å². The Bertz CT molecular complexity index is 1980. The standard InChI is InChI=1S/C18H15O9PS3.C11H6F2N.ClH.3Na.Pt/c19-29(20,21)16-7-1-13(2-8-16)28(14-3-9-17(10-4-14)30(22,23)24)15-5-11-18(12-6-15)31(25,26)27;12-8-4-5-9(10(13)7-8)11-3-1-2-6-14-11;;;;;/h1-12H,(H,19,20,21)(H,22,23,24)(H,25,26,27);1-4,6-7H;1H;;;;/q;-1;;3*+1;+2/p-3. The van der Waals surface area contributed by atoms with E-state index in [-0.39, 0.29) is 94.2 Å². The molecule has 0 amide bonds. The Kier molecular flexibility index (Phi) is 22.4. The van der Waals surface area contributed by atoms with Crippen molar-refractivity contribution in [1.82, 2.24) is 4.98 Å². The summed E-state index contributed by atoms with van der Waals surface area (Å²) in [5, 5.41) is 1.77. The predicted octanol–water partition coefficient (Wildman–Crippen LogP) is -5.58. The molecule has 0 aliphatic rings. The molecule has 4 aromatic carbocycles. The van der Waals surface area contributed by atoms with Gasteiger partial charge in [-0.3, -0.25) is 8.78 Å². The van der Waals surface area contributed by atoms with Crippen LogP contribution in [0.4, 0.5) is 8.78 Å². The zero-order valence-corrected chi connectivity index (χ0v) is 38.7. The molecule has 50 heavy (non-hydrogen) atoms. The molecular formula is C29H19ClF2NNa3O9PPtS3+. The van der Waals surface area contributed by atoms with Crippen molar-refractivity contribution >= 4 is 63.6 Å². The van der Waals surface area contributed by atoms with E-state index in [0.717, 1.165) is 48.5 Å². The molecule has 5 aromatic rings. The number of rotatable bonds is 7. The summed E-state index contributed by atoms with van der Waals surface area (Å²) in [6, 6.07) is 24.9. The summed E-state index contributed by atoms with van der Waals surface area (Å²) in [6.07, 6.45) is 1.55. The number of nitrogens with zero attached hydrogens (tertiary/aromatic N) is 1. The summed E-state index contributed by atoms with van der Waals surface area (Å²) in [5.41, 5.74) is 0.636. The van der Waals surface area contributed by atoms with Crippen LogP contribution in [0.5, 0.6) is 0 Å². The van der Waals surface area contributed by atoms with Crippen molar-refractivity contribution in [3.05, 3.63) is 127 Å². The predicted molar refractivity (Wildman–Crippen MR) is 165 cm³/mol. The monoisotopic (exact) mass is 989 g/mol. The van der Waals surface area contributed by atoms with Gasteiger partial charge in [0.2, 0.25) is 0 Å². The third-order valence-corrected chi connectivity index (χ3v) is 11.4.